The van der Waals surface area contributed by atoms with E-state index in [1.807, 2.05) is 30.3 Å². The number of aliphatic hydroxyl groups excluding tert-OH is 2. The summed E-state index contributed by atoms with van der Waals surface area (Å²) in [6.45, 7) is 0.387. The van der Waals surface area contributed by atoms with Crippen molar-refractivity contribution in [1.29, 1.82) is 0 Å². The van der Waals surface area contributed by atoms with Crippen LogP contribution in [0.25, 0.3) is 6.08 Å². The van der Waals surface area contributed by atoms with E-state index < -0.39 is 12.2 Å². The number of aliphatic hydroxyl groups is 2. The molecular weight excluding hydrogens is 218 g/mol. The molecule has 0 unspecified atom stereocenters. The van der Waals surface area contributed by atoms with Crippen LogP contribution in [0.4, 0.5) is 0 Å². The molecule has 2 atom stereocenters. The van der Waals surface area contributed by atoms with Crippen molar-refractivity contribution in [3.63, 3.8) is 0 Å². The first-order chi connectivity index (χ1) is 8.16. The van der Waals surface area contributed by atoms with Gasteiger partial charge < -0.3 is 15.1 Å². The molecule has 1 aromatic rings. The topological polar surface area (TPSA) is 60.8 Å². The largest absolute Gasteiger partial charge is 0.388 e. The van der Waals surface area contributed by atoms with Crippen molar-refractivity contribution in [1.82, 2.24) is 4.90 Å². The summed E-state index contributed by atoms with van der Waals surface area (Å²) in [5.74, 6) is -0.190. The first kappa shape index (κ1) is 11.8. The fraction of sp³-hybridized carbons (Fsp3) is 0.308. The van der Waals surface area contributed by atoms with Gasteiger partial charge in [-0.1, -0.05) is 30.3 Å². The molecule has 1 fully saturated rings. The summed E-state index contributed by atoms with van der Waals surface area (Å²) in [4.78, 5) is 13.2. The third-order valence-corrected chi connectivity index (χ3v) is 2.79. The number of rotatable bonds is 2. The second kappa shape index (κ2) is 5.12. The Bertz CT molecular complexity index is 406. The summed E-state index contributed by atoms with van der Waals surface area (Å²) >= 11 is 0. The Kier molecular flexibility index (Phi) is 3.56. The highest BCUT2D eigenvalue weighted by molar-refractivity contribution is 5.92. The molecular formula is C13H15NO3. The van der Waals surface area contributed by atoms with Crippen LogP contribution in [-0.2, 0) is 4.79 Å². The van der Waals surface area contributed by atoms with E-state index in [4.69, 9.17) is 0 Å². The quantitative estimate of drug-likeness (QED) is 0.720. The third-order valence-electron chi connectivity index (χ3n) is 2.79. The molecule has 0 aliphatic carbocycles. The Balaban J connectivity index is 1.96. The summed E-state index contributed by atoms with van der Waals surface area (Å²) < 4.78 is 0. The lowest BCUT2D eigenvalue weighted by Crippen LogP contribution is -2.27. The van der Waals surface area contributed by atoms with Crippen molar-refractivity contribution >= 4 is 12.0 Å². The second-order valence-corrected chi connectivity index (χ2v) is 4.12. The monoisotopic (exact) mass is 233 g/mol. The van der Waals surface area contributed by atoms with Crippen molar-refractivity contribution in [2.75, 3.05) is 13.1 Å². The zero-order valence-corrected chi connectivity index (χ0v) is 9.36. The van der Waals surface area contributed by atoms with Gasteiger partial charge >= 0.3 is 0 Å². The smallest absolute Gasteiger partial charge is 0.246 e. The molecule has 2 rings (SSSR count). The van der Waals surface area contributed by atoms with E-state index in [0.717, 1.165) is 5.56 Å². The average Bonchev–Trinajstić information content (AvgIpc) is 2.68. The minimum atomic E-state index is -0.830. The molecule has 2 N–H and O–H groups in total. The van der Waals surface area contributed by atoms with Gasteiger partial charge in [0, 0.05) is 19.2 Å². The van der Waals surface area contributed by atoms with E-state index in [-0.39, 0.29) is 19.0 Å². The van der Waals surface area contributed by atoms with Crippen molar-refractivity contribution in [2.24, 2.45) is 0 Å². The van der Waals surface area contributed by atoms with Gasteiger partial charge in [-0.05, 0) is 11.6 Å². The third kappa shape index (κ3) is 2.93. The van der Waals surface area contributed by atoms with Gasteiger partial charge in [0.05, 0.1) is 12.2 Å². The van der Waals surface area contributed by atoms with Crippen LogP contribution in [0, 0.1) is 0 Å². The van der Waals surface area contributed by atoms with Crippen LogP contribution in [0.1, 0.15) is 5.56 Å². The SMILES string of the molecule is O=C(/C=C/c1ccccc1)N1C[C@@H](O)[C@H](O)C1. The van der Waals surface area contributed by atoms with Crippen LogP contribution in [0.15, 0.2) is 36.4 Å². The number of carbonyl (C=O) groups excluding carboxylic acids is 1. The van der Waals surface area contributed by atoms with Gasteiger partial charge in [-0.25, -0.2) is 0 Å². The number of β-amino-alcohol motifs (C(OH)–C–C–N with tert-alkyl or cyclic N) is 2. The van der Waals surface area contributed by atoms with Crippen LogP contribution in [0.3, 0.4) is 0 Å². The van der Waals surface area contributed by atoms with Crippen molar-refractivity contribution < 1.29 is 15.0 Å². The lowest BCUT2D eigenvalue weighted by Gasteiger charge is -2.11. The molecule has 1 heterocycles. The number of carbonyl (C=O) groups is 1. The maximum absolute atomic E-state index is 11.7. The Labute approximate surface area is 99.8 Å². The van der Waals surface area contributed by atoms with Gasteiger partial charge in [-0.15, -0.1) is 0 Å². The van der Waals surface area contributed by atoms with Gasteiger partial charge in [-0.2, -0.15) is 0 Å². The zero-order chi connectivity index (χ0) is 12.3. The minimum Gasteiger partial charge on any atom is -0.388 e. The van der Waals surface area contributed by atoms with Crippen LogP contribution in [0.2, 0.25) is 0 Å². The summed E-state index contributed by atoms with van der Waals surface area (Å²) in [5.41, 5.74) is 0.946. The van der Waals surface area contributed by atoms with E-state index in [1.165, 1.54) is 11.0 Å². The highest BCUT2D eigenvalue weighted by Crippen LogP contribution is 2.11. The van der Waals surface area contributed by atoms with Gasteiger partial charge in [0.1, 0.15) is 0 Å². The Hall–Kier alpha value is -1.65. The maximum atomic E-state index is 11.7. The van der Waals surface area contributed by atoms with Crippen LogP contribution in [0.5, 0.6) is 0 Å². The molecule has 1 saturated heterocycles. The van der Waals surface area contributed by atoms with E-state index in [2.05, 4.69) is 0 Å². The van der Waals surface area contributed by atoms with Gasteiger partial charge in [0.2, 0.25) is 5.91 Å². The number of benzene rings is 1. The molecule has 0 saturated carbocycles. The summed E-state index contributed by atoms with van der Waals surface area (Å²) in [5, 5.41) is 18.7. The molecule has 1 aliphatic heterocycles. The number of nitrogens with zero attached hydrogens (tertiary/aromatic N) is 1. The molecule has 0 aromatic heterocycles. The Morgan fingerprint density at radius 2 is 1.76 bits per heavy atom. The standard InChI is InChI=1S/C13H15NO3/c15-11-8-14(9-12(11)16)13(17)7-6-10-4-2-1-3-5-10/h1-7,11-12,15-16H,8-9H2/b7-6+/t11-,12-/m1/s1. The average molecular weight is 233 g/mol. The van der Waals surface area contributed by atoms with E-state index in [9.17, 15) is 15.0 Å². The van der Waals surface area contributed by atoms with E-state index in [0.29, 0.717) is 0 Å². The second-order valence-electron chi connectivity index (χ2n) is 4.12. The van der Waals surface area contributed by atoms with Gasteiger partial charge in [0.25, 0.3) is 0 Å². The molecule has 0 spiro atoms. The first-order valence-corrected chi connectivity index (χ1v) is 5.55. The first-order valence-electron chi connectivity index (χ1n) is 5.55. The maximum Gasteiger partial charge on any atom is 0.246 e. The van der Waals surface area contributed by atoms with Crippen molar-refractivity contribution in [3.05, 3.63) is 42.0 Å². The molecule has 4 heteroatoms. The fourth-order valence-corrected chi connectivity index (χ4v) is 1.79. The number of hydrogen-bond acceptors (Lipinski definition) is 3. The molecule has 17 heavy (non-hydrogen) atoms. The molecule has 90 valence electrons. The Morgan fingerprint density at radius 3 is 2.35 bits per heavy atom. The van der Waals surface area contributed by atoms with Gasteiger partial charge in [0.15, 0.2) is 0 Å². The van der Waals surface area contributed by atoms with Gasteiger partial charge in [-0.3, -0.25) is 4.79 Å². The number of likely N-dealkylation sites (tertiary alicyclic amines) is 1. The molecule has 1 amide bonds. The lowest BCUT2D eigenvalue weighted by molar-refractivity contribution is -0.125. The lowest BCUT2D eigenvalue weighted by atomic mass is 10.2. The zero-order valence-electron chi connectivity index (χ0n) is 9.36. The summed E-state index contributed by atoms with van der Waals surface area (Å²) in [7, 11) is 0. The van der Waals surface area contributed by atoms with Crippen LogP contribution in [-0.4, -0.2) is 46.3 Å². The van der Waals surface area contributed by atoms with Crippen molar-refractivity contribution in [2.45, 2.75) is 12.2 Å². The van der Waals surface area contributed by atoms with Crippen molar-refractivity contribution in [3.8, 4) is 0 Å². The molecule has 4 nitrogen and oxygen atoms in total. The van der Waals surface area contributed by atoms with E-state index in [1.54, 1.807) is 6.08 Å². The molecule has 0 bridgehead atoms. The normalized spacial score (nSPS) is 24.5. The van der Waals surface area contributed by atoms with E-state index >= 15 is 0 Å². The number of amides is 1. The molecule has 0 radical (unpaired) electrons. The fourth-order valence-electron chi connectivity index (χ4n) is 1.79. The Morgan fingerprint density at radius 1 is 1.18 bits per heavy atom. The molecule has 1 aromatic carbocycles. The van der Waals surface area contributed by atoms with Crippen LogP contribution >= 0.6 is 0 Å². The highest BCUT2D eigenvalue weighted by atomic mass is 16.3. The predicted molar refractivity (Wildman–Crippen MR) is 64.1 cm³/mol. The summed E-state index contributed by atoms with van der Waals surface area (Å²) in [6, 6.07) is 9.50. The highest BCUT2D eigenvalue weighted by Gasteiger charge is 2.31. The minimum absolute atomic E-state index is 0.190. The summed E-state index contributed by atoms with van der Waals surface area (Å²) in [6.07, 6.45) is 1.52. The number of hydrogen-bond donors (Lipinski definition) is 2. The predicted octanol–water partition coefficient (Wildman–Crippen LogP) is 0.264. The molecule has 1 aliphatic rings. The van der Waals surface area contributed by atoms with Crippen LogP contribution < -0.4 is 0 Å².